The normalized spacial score (nSPS) is 10.2. The lowest BCUT2D eigenvalue weighted by atomic mass is 10.2. The maximum absolute atomic E-state index is 12.0. The summed E-state index contributed by atoms with van der Waals surface area (Å²) in [4.78, 5) is 19.6. The van der Waals surface area contributed by atoms with E-state index in [4.69, 9.17) is 23.2 Å². The Balaban J connectivity index is 2.24. The van der Waals surface area contributed by atoms with E-state index in [1.54, 1.807) is 24.3 Å². The Morgan fingerprint density at radius 2 is 2.06 bits per heavy atom. The molecule has 0 fully saturated rings. The van der Waals surface area contributed by atoms with Crippen molar-refractivity contribution in [2.24, 2.45) is 0 Å². The number of carbonyl (C=O) groups excluding carboxylic acids is 1. The van der Waals surface area contributed by atoms with Gasteiger partial charge in [0.2, 0.25) is 5.28 Å². The highest BCUT2D eigenvalue weighted by Gasteiger charge is 2.11. The summed E-state index contributed by atoms with van der Waals surface area (Å²) < 4.78 is 0.801. The van der Waals surface area contributed by atoms with Crippen molar-refractivity contribution >= 4 is 57.5 Å². The van der Waals surface area contributed by atoms with Crippen LogP contribution in [0.1, 0.15) is 10.4 Å². The van der Waals surface area contributed by atoms with Crippen LogP contribution in [-0.4, -0.2) is 15.9 Å². The second kappa shape index (κ2) is 5.81. The molecule has 0 bridgehead atoms. The van der Waals surface area contributed by atoms with Crippen LogP contribution < -0.4 is 5.32 Å². The predicted octanol–water partition coefficient (Wildman–Crippen LogP) is 3.64. The van der Waals surface area contributed by atoms with Gasteiger partial charge in [-0.3, -0.25) is 4.79 Å². The molecule has 0 unspecified atom stereocenters. The maximum atomic E-state index is 12.0. The molecular weight excluding hydrogens is 388 g/mol. The van der Waals surface area contributed by atoms with Gasteiger partial charge < -0.3 is 5.32 Å². The largest absolute Gasteiger partial charge is 0.306 e. The van der Waals surface area contributed by atoms with Gasteiger partial charge in [0, 0.05) is 14.8 Å². The Hall–Kier alpha value is -0.920. The first-order valence-electron chi connectivity index (χ1n) is 4.81. The second-order valence-electron chi connectivity index (χ2n) is 3.29. The van der Waals surface area contributed by atoms with Gasteiger partial charge in [-0.25, -0.2) is 9.97 Å². The molecule has 0 aliphatic rings. The molecule has 92 valence electrons. The topological polar surface area (TPSA) is 54.9 Å². The fraction of sp³-hybridized carbons (Fsp3) is 0. The Bertz CT molecular complexity index is 607. The van der Waals surface area contributed by atoms with Gasteiger partial charge in [0.1, 0.15) is 5.82 Å². The summed E-state index contributed by atoms with van der Waals surface area (Å²) in [6.07, 6.45) is 1.47. The molecule has 1 amide bonds. The molecule has 0 saturated heterocycles. The molecule has 2 rings (SSSR count). The smallest absolute Gasteiger partial charge is 0.257 e. The van der Waals surface area contributed by atoms with Gasteiger partial charge in [0.05, 0.1) is 5.56 Å². The van der Waals surface area contributed by atoms with Gasteiger partial charge in [0.15, 0.2) is 0 Å². The van der Waals surface area contributed by atoms with E-state index >= 15 is 0 Å². The van der Waals surface area contributed by atoms with Crippen molar-refractivity contribution in [3.05, 3.63) is 49.9 Å². The van der Waals surface area contributed by atoms with Crippen LogP contribution in [0.25, 0.3) is 0 Å². The van der Waals surface area contributed by atoms with E-state index in [0.717, 1.165) is 3.57 Å². The fourth-order valence-electron chi connectivity index (χ4n) is 1.26. The molecule has 0 aliphatic heterocycles. The molecule has 2 aromatic rings. The first kappa shape index (κ1) is 13.5. The molecule has 0 atom stereocenters. The van der Waals surface area contributed by atoms with Gasteiger partial charge in [0.25, 0.3) is 5.91 Å². The molecule has 4 nitrogen and oxygen atoms in total. The lowest BCUT2D eigenvalue weighted by molar-refractivity contribution is 0.102. The number of nitrogens with one attached hydrogen (secondary N) is 1. The van der Waals surface area contributed by atoms with Gasteiger partial charge in [-0.2, -0.15) is 0 Å². The minimum Gasteiger partial charge on any atom is -0.306 e. The molecule has 1 aromatic carbocycles. The number of hydrogen-bond acceptors (Lipinski definition) is 3. The monoisotopic (exact) mass is 393 g/mol. The maximum Gasteiger partial charge on any atom is 0.257 e. The zero-order chi connectivity index (χ0) is 13.1. The quantitative estimate of drug-likeness (QED) is 0.626. The van der Waals surface area contributed by atoms with E-state index in [9.17, 15) is 4.79 Å². The van der Waals surface area contributed by atoms with Gasteiger partial charge >= 0.3 is 0 Å². The van der Waals surface area contributed by atoms with Crippen LogP contribution >= 0.6 is 45.8 Å². The van der Waals surface area contributed by atoms with Gasteiger partial charge in [-0.15, -0.1) is 0 Å². The van der Waals surface area contributed by atoms with Crippen molar-refractivity contribution in [2.45, 2.75) is 0 Å². The number of anilines is 1. The summed E-state index contributed by atoms with van der Waals surface area (Å²) in [6, 6.07) is 6.65. The van der Waals surface area contributed by atoms with E-state index in [-0.39, 0.29) is 11.2 Å². The molecule has 0 spiro atoms. The number of rotatable bonds is 2. The van der Waals surface area contributed by atoms with Gasteiger partial charge in [-0.05, 0) is 58.5 Å². The Labute approximate surface area is 127 Å². The molecule has 18 heavy (non-hydrogen) atoms. The number of amides is 1. The third kappa shape index (κ3) is 3.30. The van der Waals surface area contributed by atoms with Crippen LogP contribution in [0.3, 0.4) is 0 Å². The number of hydrogen-bond donors (Lipinski definition) is 1. The molecule has 1 heterocycles. The van der Waals surface area contributed by atoms with Crippen molar-refractivity contribution in [3.63, 3.8) is 0 Å². The Morgan fingerprint density at radius 3 is 2.78 bits per heavy atom. The number of aromatic nitrogens is 2. The lowest BCUT2D eigenvalue weighted by Gasteiger charge is -2.06. The fourth-order valence-corrected chi connectivity index (χ4v) is 2.16. The van der Waals surface area contributed by atoms with E-state index in [2.05, 4.69) is 37.9 Å². The molecule has 0 radical (unpaired) electrons. The summed E-state index contributed by atoms with van der Waals surface area (Å²) in [5.41, 5.74) is 0.484. The third-order valence-corrected chi connectivity index (χ3v) is 3.40. The van der Waals surface area contributed by atoms with Crippen molar-refractivity contribution in [1.29, 1.82) is 0 Å². The van der Waals surface area contributed by atoms with Crippen LogP contribution in [0.4, 0.5) is 5.82 Å². The van der Waals surface area contributed by atoms with E-state index in [1.807, 2.05) is 0 Å². The van der Waals surface area contributed by atoms with Crippen LogP contribution in [0.15, 0.2) is 30.5 Å². The highest BCUT2D eigenvalue weighted by Crippen LogP contribution is 2.19. The van der Waals surface area contributed by atoms with Crippen LogP contribution in [0.5, 0.6) is 0 Å². The van der Waals surface area contributed by atoms with E-state index < -0.39 is 0 Å². The standard InChI is InChI=1S/C11H6Cl2IN3O/c12-6-1-2-8(14)7(5-6)10(18)16-9-3-4-15-11(13)17-9/h1-5H,(H,15,16,17,18). The summed E-state index contributed by atoms with van der Waals surface area (Å²) in [7, 11) is 0. The summed E-state index contributed by atoms with van der Waals surface area (Å²) in [5.74, 6) is 0.0486. The molecule has 7 heteroatoms. The number of nitrogens with zero attached hydrogens (tertiary/aromatic N) is 2. The minimum absolute atomic E-state index is 0.0774. The first-order valence-corrected chi connectivity index (χ1v) is 6.64. The average molecular weight is 394 g/mol. The zero-order valence-electron chi connectivity index (χ0n) is 8.82. The molecule has 0 aliphatic carbocycles. The van der Waals surface area contributed by atoms with Gasteiger partial charge in [-0.1, -0.05) is 11.6 Å². The molecule has 1 aromatic heterocycles. The zero-order valence-corrected chi connectivity index (χ0v) is 12.5. The summed E-state index contributed by atoms with van der Waals surface area (Å²) in [6.45, 7) is 0. The average Bonchev–Trinajstić information content (AvgIpc) is 2.32. The minimum atomic E-state index is -0.295. The van der Waals surface area contributed by atoms with E-state index in [0.29, 0.717) is 16.4 Å². The van der Waals surface area contributed by atoms with Crippen molar-refractivity contribution in [1.82, 2.24) is 9.97 Å². The third-order valence-electron chi connectivity index (χ3n) is 2.04. The van der Waals surface area contributed by atoms with Crippen molar-refractivity contribution in [3.8, 4) is 0 Å². The van der Waals surface area contributed by atoms with Crippen LogP contribution in [-0.2, 0) is 0 Å². The number of carbonyl (C=O) groups is 1. The van der Waals surface area contributed by atoms with Crippen LogP contribution in [0.2, 0.25) is 10.3 Å². The highest BCUT2D eigenvalue weighted by atomic mass is 127. The highest BCUT2D eigenvalue weighted by molar-refractivity contribution is 14.1. The van der Waals surface area contributed by atoms with Crippen molar-refractivity contribution in [2.75, 3.05) is 5.32 Å². The Morgan fingerprint density at radius 1 is 1.28 bits per heavy atom. The predicted molar refractivity (Wildman–Crippen MR) is 79.2 cm³/mol. The summed E-state index contributed by atoms with van der Waals surface area (Å²) >= 11 is 13.6. The lowest BCUT2D eigenvalue weighted by Crippen LogP contribution is -2.14. The Kier molecular flexibility index (Phi) is 4.36. The SMILES string of the molecule is O=C(Nc1ccnc(Cl)n1)c1cc(Cl)ccc1I. The molecule has 0 saturated carbocycles. The first-order chi connectivity index (χ1) is 8.56. The second-order valence-corrected chi connectivity index (χ2v) is 5.23. The van der Waals surface area contributed by atoms with Crippen molar-refractivity contribution < 1.29 is 4.79 Å². The summed E-state index contributed by atoms with van der Waals surface area (Å²) in [5, 5.41) is 3.21. The van der Waals surface area contributed by atoms with E-state index in [1.165, 1.54) is 6.20 Å². The number of halogens is 3. The van der Waals surface area contributed by atoms with Crippen LogP contribution in [0, 0.1) is 3.57 Å². The molecule has 1 N–H and O–H groups in total. The number of benzene rings is 1. The molecular formula is C11H6Cl2IN3O.